The molecule has 1 aliphatic carbocycles. The molecule has 1 N–H and O–H groups in total. The number of rotatable bonds is 5. The Morgan fingerprint density at radius 3 is 2.85 bits per heavy atom. The van der Waals surface area contributed by atoms with Crippen LogP contribution in [0, 0.1) is 5.92 Å². The van der Waals surface area contributed by atoms with Crippen LogP contribution in [-0.2, 0) is 11.8 Å². The summed E-state index contributed by atoms with van der Waals surface area (Å²) in [5, 5.41) is 11.5. The SMILES string of the molecule is C[C@@H](Oc1cc(-c2cnn(C)n2)cc2ncn(C3CC3)c12)[C@H]1CNC(=O)C1. The van der Waals surface area contributed by atoms with Gasteiger partial charge in [0.05, 0.1) is 18.0 Å². The molecule has 2 aliphatic rings. The molecule has 1 saturated carbocycles. The molecule has 1 aliphatic heterocycles. The van der Waals surface area contributed by atoms with Gasteiger partial charge in [-0.15, -0.1) is 0 Å². The molecule has 8 nitrogen and oxygen atoms in total. The summed E-state index contributed by atoms with van der Waals surface area (Å²) in [7, 11) is 1.80. The van der Waals surface area contributed by atoms with E-state index in [-0.39, 0.29) is 17.9 Å². The minimum atomic E-state index is -0.0770. The van der Waals surface area contributed by atoms with Crippen LogP contribution in [0.2, 0.25) is 0 Å². The van der Waals surface area contributed by atoms with Gasteiger partial charge in [0, 0.05) is 37.5 Å². The number of imidazole rings is 1. The lowest BCUT2D eigenvalue weighted by molar-refractivity contribution is -0.119. The van der Waals surface area contributed by atoms with Crippen molar-refractivity contribution in [3.05, 3.63) is 24.7 Å². The van der Waals surface area contributed by atoms with Gasteiger partial charge in [-0.05, 0) is 31.9 Å². The third kappa shape index (κ3) is 2.94. The number of aryl methyl sites for hydroxylation is 1. The molecule has 0 unspecified atom stereocenters. The van der Waals surface area contributed by atoms with Crippen LogP contribution in [-0.4, -0.2) is 43.1 Å². The highest BCUT2D eigenvalue weighted by Crippen LogP contribution is 2.41. The molecule has 0 bridgehead atoms. The summed E-state index contributed by atoms with van der Waals surface area (Å²) in [6.07, 6.45) is 6.43. The molecule has 2 aromatic heterocycles. The van der Waals surface area contributed by atoms with Crippen molar-refractivity contribution < 1.29 is 9.53 Å². The Morgan fingerprint density at radius 2 is 2.19 bits per heavy atom. The summed E-state index contributed by atoms with van der Waals surface area (Å²) in [6, 6.07) is 4.56. The van der Waals surface area contributed by atoms with Crippen LogP contribution in [0.5, 0.6) is 5.75 Å². The number of benzene rings is 1. The number of carbonyl (C=O) groups is 1. The number of nitrogens with zero attached hydrogens (tertiary/aromatic N) is 5. The van der Waals surface area contributed by atoms with Gasteiger partial charge in [0.2, 0.25) is 5.91 Å². The van der Waals surface area contributed by atoms with Gasteiger partial charge in [-0.2, -0.15) is 15.0 Å². The number of nitrogens with one attached hydrogen (secondary N) is 1. The van der Waals surface area contributed by atoms with Crippen LogP contribution < -0.4 is 10.1 Å². The summed E-state index contributed by atoms with van der Waals surface area (Å²) in [6.45, 7) is 2.69. The highest BCUT2D eigenvalue weighted by Gasteiger charge is 2.30. The Kier molecular flexibility index (Phi) is 3.66. The summed E-state index contributed by atoms with van der Waals surface area (Å²) in [5.41, 5.74) is 3.64. The molecule has 1 aromatic carbocycles. The molecule has 1 saturated heterocycles. The van der Waals surface area contributed by atoms with Crippen LogP contribution >= 0.6 is 0 Å². The maximum atomic E-state index is 11.6. The van der Waals surface area contributed by atoms with Crippen molar-refractivity contribution in [3.8, 4) is 17.0 Å². The number of carbonyl (C=O) groups excluding carboxylic acids is 1. The van der Waals surface area contributed by atoms with E-state index in [0.29, 0.717) is 19.0 Å². The molecule has 5 rings (SSSR count). The monoisotopic (exact) mass is 366 g/mol. The van der Waals surface area contributed by atoms with Gasteiger partial charge in [0.1, 0.15) is 23.1 Å². The zero-order valence-electron chi connectivity index (χ0n) is 15.4. The van der Waals surface area contributed by atoms with E-state index < -0.39 is 0 Å². The maximum absolute atomic E-state index is 11.6. The highest BCUT2D eigenvalue weighted by atomic mass is 16.5. The predicted octanol–water partition coefficient (Wildman–Crippen LogP) is 2.07. The van der Waals surface area contributed by atoms with Crippen LogP contribution in [0.1, 0.15) is 32.2 Å². The minimum Gasteiger partial charge on any atom is -0.488 e. The van der Waals surface area contributed by atoms with Crippen molar-refractivity contribution >= 4 is 16.9 Å². The number of fused-ring (bicyclic) bond motifs is 1. The number of aromatic nitrogens is 5. The highest BCUT2D eigenvalue weighted by molar-refractivity contribution is 5.87. The first-order valence-electron chi connectivity index (χ1n) is 9.39. The van der Waals surface area contributed by atoms with Gasteiger partial charge in [0.15, 0.2) is 0 Å². The van der Waals surface area contributed by atoms with Crippen LogP contribution in [0.4, 0.5) is 0 Å². The second-order valence-electron chi connectivity index (χ2n) is 7.54. The summed E-state index contributed by atoms with van der Waals surface area (Å²) >= 11 is 0. The van der Waals surface area contributed by atoms with Crippen LogP contribution in [0.15, 0.2) is 24.7 Å². The number of ether oxygens (including phenoxy) is 1. The van der Waals surface area contributed by atoms with E-state index in [1.807, 2.05) is 25.4 Å². The number of amides is 1. The standard InChI is InChI=1S/C19H22N6O2/c1-11(13-7-18(26)20-8-13)27-17-6-12(16-9-22-24(2)23-16)5-15-19(17)25(10-21-15)14-3-4-14/h5-6,9-11,13-14H,3-4,7-8H2,1-2H3,(H,20,26)/t11-,13-/m1/s1. The largest absolute Gasteiger partial charge is 0.488 e. The fourth-order valence-electron chi connectivity index (χ4n) is 3.73. The lowest BCUT2D eigenvalue weighted by atomic mass is 10.0. The van der Waals surface area contributed by atoms with Gasteiger partial charge < -0.3 is 14.6 Å². The van der Waals surface area contributed by atoms with Crippen molar-refractivity contribution in [1.29, 1.82) is 0 Å². The fourth-order valence-corrected chi connectivity index (χ4v) is 3.73. The average molecular weight is 366 g/mol. The Bertz CT molecular complexity index is 1020. The van der Waals surface area contributed by atoms with Crippen LogP contribution in [0.25, 0.3) is 22.3 Å². The molecule has 0 radical (unpaired) electrons. The molecule has 8 heteroatoms. The summed E-state index contributed by atoms with van der Waals surface area (Å²) in [5.74, 6) is 1.06. The second kappa shape index (κ2) is 6.07. The van der Waals surface area contributed by atoms with Crippen molar-refractivity contribution in [3.63, 3.8) is 0 Å². The zero-order valence-corrected chi connectivity index (χ0v) is 15.4. The van der Waals surface area contributed by atoms with E-state index in [1.54, 1.807) is 18.0 Å². The molecule has 2 atom stereocenters. The topological polar surface area (TPSA) is 86.9 Å². The van der Waals surface area contributed by atoms with E-state index >= 15 is 0 Å². The van der Waals surface area contributed by atoms with E-state index in [1.165, 1.54) is 12.8 Å². The lowest BCUT2D eigenvalue weighted by Gasteiger charge is -2.21. The molecule has 3 aromatic rings. The molecular formula is C19H22N6O2. The van der Waals surface area contributed by atoms with Crippen molar-refractivity contribution in [2.24, 2.45) is 13.0 Å². The average Bonchev–Trinajstić information content (AvgIpc) is 3.04. The fraction of sp³-hybridized carbons (Fsp3) is 0.474. The summed E-state index contributed by atoms with van der Waals surface area (Å²) in [4.78, 5) is 17.7. The van der Waals surface area contributed by atoms with E-state index in [0.717, 1.165) is 28.0 Å². The quantitative estimate of drug-likeness (QED) is 0.747. The normalized spacial score (nSPS) is 20.8. The molecule has 140 valence electrons. The Labute approximate surface area is 156 Å². The second-order valence-corrected chi connectivity index (χ2v) is 7.54. The first-order valence-corrected chi connectivity index (χ1v) is 9.39. The first-order chi connectivity index (χ1) is 13.1. The van der Waals surface area contributed by atoms with Crippen molar-refractivity contribution in [2.45, 2.75) is 38.3 Å². The third-order valence-electron chi connectivity index (χ3n) is 5.46. The van der Waals surface area contributed by atoms with Gasteiger partial charge in [-0.1, -0.05) is 0 Å². The minimum absolute atomic E-state index is 0.0770. The molecule has 3 heterocycles. The Hall–Kier alpha value is -2.90. The van der Waals surface area contributed by atoms with Gasteiger partial charge in [-0.25, -0.2) is 4.98 Å². The van der Waals surface area contributed by atoms with E-state index in [4.69, 9.17) is 4.74 Å². The van der Waals surface area contributed by atoms with Crippen LogP contribution in [0.3, 0.4) is 0 Å². The smallest absolute Gasteiger partial charge is 0.220 e. The summed E-state index contributed by atoms with van der Waals surface area (Å²) < 4.78 is 8.62. The van der Waals surface area contributed by atoms with Gasteiger partial charge in [0.25, 0.3) is 0 Å². The van der Waals surface area contributed by atoms with E-state index in [2.05, 4.69) is 25.1 Å². The Balaban J connectivity index is 1.56. The zero-order chi connectivity index (χ0) is 18.5. The van der Waals surface area contributed by atoms with Crippen molar-refractivity contribution in [2.75, 3.05) is 6.54 Å². The maximum Gasteiger partial charge on any atom is 0.220 e. The molecule has 27 heavy (non-hydrogen) atoms. The molecule has 0 spiro atoms. The van der Waals surface area contributed by atoms with Gasteiger partial charge >= 0.3 is 0 Å². The molecule has 1 amide bonds. The lowest BCUT2D eigenvalue weighted by Crippen LogP contribution is -2.25. The number of hydrogen-bond acceptors (Lipinski definition) is 5. The third-order valence-corrected chi connectivity index (χ3v) is 5.46. The van der Waals surface area contributed by atoms with Gasteiger partial charge in [-0.3, -0.25) is 4.79 Å². The first kappa shape index (κ1) is 16.3. The van der Waals surface area contributed by atoms with E-state index in [9.17, 15) is 4.79 Å². The van der Waals surface area contributed by atoms with Crippen molar-refractivity contribution in [1.82, 2.24) is 29.9 Å². The number of hydrogen-bond donors (Lipinski definition) is 1. The predicted molar refractivity (Wildman–Crippen MR) is 99.2 cm³/mol. The molecule has 2 fully saturated rings. The Morgan fingerprint density at radius 1 is 1.33 bits per heavy atom. The molecular weight excluding hydrogens is 344 g/mol.